The number of amides is 2. The van der Waals surface area contributed by atoms with E-state index in [4.69, 9.17) is 0 Å². The van der Waals surface area contributed by atoms with Gasteiger partial charge in [-0.05, 0) is 38.5 Å². The number of hydrogen-bond donors (Lipinski definition) is 2. The smallest absolute Gasteiger partial charge is 0.317 e. The third-order valence-electron chi connectivity index (χ3n) is 4.58. The molecule has 0 aromatic rings. The maximum atomic E-state index is 11.9. The van der Waals surface area contributed by atoms with Gasteiger partial charge in [0.2, 0.25) is 0 Å². The third kappa shape index (κ3) is 2.44. The topological polar surface area (TPSA) is 69.6 Å². The van der Waals surface area contributed by atoms with Gasteiger partial charge < -0.3 is 15.3 Å². The van der Waals surface area contributed by atoms with Crippen LogP contribution in [-0.4, -0.2) is 41.6 Å². The number of hydrogen-bond acceptors (Lipinski definition) is 2. The molecule has 5 nitrogen and oxygen atoms in total. The summed E-state index contributed by atoms with van der Waals surface area (Å²) in [5, 5.41) is 12.0. The Hall–Kier alpha value is -1.26. The molecule has 2 saturated carbocycles. The lowest BCUT2D eigenvalue weighted by Gasteiger charge is -2.38. The van der Waals surface area contributed by atoms with Gasteiger partial charge in [-0.15, -0.1) is 0 Å². The summed E-state index contributed by atoms with van der Waals surface area (Å²) in [5.74, 6) is -0.162. The number of nitrogens with zero attached hydrogens (tertiary/aromatic N) is 1. The molecule has 2 aliphatic carbocycles. The van der Waals surface area contributed by atoms with Gasteiger partial charge in [0.25, 0.3) is 0 Å². The van der Waals surface area contributed by atoms with Gasteiger partial charge >= 0.3 is 12.0 Å². The first kappa shape index (κ1) is 13.2. The van der Waals surface area contributed by atoms with Crippen LogP contribution in [0.3, 0.4) is 0 Å². The Labute approximate surface area is 108 Å². The Bertz CT molecular complexity index is 348. The third-order valence-corrected chi connectivity index (χ3v) is 4.58. The van der Waals surface area contributed by atoms with Gasteiger partial charge in [-0.1, -0.05) is 6.42 Å². The van der Waals surface area contributed by atoms with Crippen LogP contribution in [-0.2, 0) is 4.79 Å². The number of rotatable bonds is 5. The van der Waals surface area contributed by atoms with Crippen molar-refractivity contribution in [1.82, 2.24) is 10.2 Å². The fourth-order valence-corrected chi connectivity index (χ4v) is 2.52. The molecule has 1 atom stereocenters. The largest absolute Gasteiger partial charge is 0.481 e. The summed E-state index contributed by atoms with van der Waals surface area (Å²) in [5.41, 5.74) is -0.709. The van der Waals surface area contributed by atoms with Gasteiger partial charge in [0, 0.05) is 19.6 Å². The maximum Gasteiger partial charge on any atom is 0.317 e. The molecule has 2 amide bonds. The van der Waals surface area contributed by atoms with Crippen molar-refractivity contribution in [3.63, 3.8) is 0 Å². The Morgan fingerprint density at radius 1 is 1.44 bits per heavy atom. The van der Waals surface area contributed by atoms with Crippen LogP contribution in [0.2, 0.25) is 0 Å². The van der Waals surface area contributed by atoms with Crippen LogP contribution < -0.4 is 5.32 Å². The van der Waals surface area contributed by atoms with E-state index in [9.17, 15) is 14.7 Å². The predicted octanol–water partition coefficient (Wildman–Crippen LogP) is 1.68. The van der Waals surface area contributed by atoms with E-state index >= 15 is 0 Å². The summed E-state index contributed by atoms with van der Waals surface area (Å²) in [6.07, 6.45) is 4.67. The zero-order chi connectivity index (χ0) is 13.3. The molecule has 0 radical (unpaired) electrons. The van der Waals surface area contributed by atoms with Crippen LogP contribution in [0.15, 0.2) is 0 Å². The quantitative estimate of drug-likeness (QED) is 0.784. The Morgan fingerprint density at radius 3 is 2.44 bits per heavy atom. The lowest BCUT2D eigenvalue weighted by Crippen LogP contribution is -2.51. The summed E-state index contributed by atoms with van der Waals surface area (Å²) in [6.45, 7) is 2.30. The second kappa shape index (κ2) is 4.78. The normalized spacial score (nSPS) is 22.8. The maximum absolute atomic E-state index is 11.9. The predicted molar refractivity (Wildman–Crippen MR) is 67.3 cm³/mol. The first-order chi connectivity index (χ1) is 8.46. The first-order valence-corrected chi connectivity index (χ1v) is 6.70. The number of carbonyl (C=O) groups excluding carboxylic acids is 1. The molecule has 18 heavy (non-hydrogen) atoms. The minimum Gasteiger partial charge on any atom is -0.481 e. The van der Waals surface area contributed by atoms with Gasteiger partial charge in [0.1, 0.15) is 0 Å². The van der Waals surface area contributed by atoms with Gasteiger partial charge in [0.15, 0.2) is 0 Å². The molecule has 2 N–H and O–H groups in total. The molecule has 0 aromatic carbocycles. The van der Waals surface area contributed by atoms with Crippen LogP contribution in [0.4, 0.5) is 4.79 Å². The molecule has 5 heteroatoms. The number of carboxylic acids is 1. The highest BCUT2D eigenvalue weighted by Crippen LogP contribution is 2.40. The molecule has 0 aliphatic heterocycles. The standard InChI is InChI=1S/C13H22N2O3/c1-9(10-4-5-10)15(2)12(18)14-8-13(11(16)17)6-3-7-13/h9-10H,3-8H2,1-2H3,(H,14,18)(H,16,17). The summed E-state index contributed by atoms with van der Waals surface area (Å²) in [7, 11) is 1.78. The lowest BCUT2D eigenvalue weighted by atomic mass is 9.69. The number of nitrogens with one attached hydrogen (secondary N) is 1. The van der Waals surface area contributed by atoms with Crippen molar-refractivity contribution in [1.29, 1.82) is 0 Å². The van der Waals surface area contributed by atoms with Crippen molar-refractivity contribution in [3.8, 4) is 0 Å². The monoisotopic (exact) mass is 254 g/mol. The van der Waals surface area contributed by atoms with E-state index in [1.807, 2.05) is 6.92 Å². The van der Waals surface area contributed by atoms with Gasteiger partial charge in [0.05, 0.1) is 5.41 Å². The molecule has 2 fully saturated rings. The van der Waals surface area contributed by atoms with Crippen LogP contribution in [0.25, 0.3) is 0 Å². The van der Waals surface area contributed by atoms with Gasteiger partial charge in [-0.3, -0.25) is 4.79 Å². The SMILES string of the molecule is CC(C1CC1)N(C)C(=O)NCC1(C(=O)O)CCC1. The van der Waals surface area contributed by atoms with E-state index in [-0.39, 0.29) is 18.6 Å². The van der Waals surface area contributed by atoms with Crippen molar-refractivity contribution in [2.75, 3.05) is 13.6 Å². The zero-order valence-corrected chi connectivity index (χ0v) is 11.1. The molecular weight excluding hydrogens is 232 g/mol. The second-order valence-electron chi connectivity index (χ2n) is 5.79. The molecule has 0 saturated heterocycles. The molecule has 0 spiro atoms. The van der Waals surface area contributed by atoms with E-state index in [0.717, 1.165) is 6.42 Å². The number of aliphatic carboxylic acids is 1. The molecule has 2 aliphatic rings. The van der Waals surface area contributed by atoms with Crippen LogP contribution >= 0.6 is 0 Å². The van der Waals surface area contributed by atoms with Crippen molar-refractivity contribution >= 4 is 12.0 Å². The van der Waals surface area contributed by atoms with Crippen molar-refractivity contribution in [2.24, 2.45) is 11.3 Å². The molecule has 102 valence electrons. The second-order valence-corrected chi connectivity index (χ2v) is 5.79. The Morgan fingerprint density at radius 2 is 2.06 bits per heavy atom. The number of urea groups is 1. The Balaban J connectivity index is 1.82. The molecular formula is C13H22N2O3. The molecule has 2 rings (SSSR count). The summed E-state index contributed by atoms with van der Waals surface area (Å²) in [4.78, 5) is 24.8. The van der Waals surface area contributed by atoms with Crippen molar-refractivity contribution in [3.05, 3.63) is 0 Å². The summed E-state index contributed by atoms with van der Waals surface area (Å²) >= 11 is 0. The first-order valence-electron chi connectivity index (χ1n) is 6.70. The van der Waals surface area contributed by atoms with Crippen LogP contribution in [0, 0.1) is 11.3 Å². The molecule has 0 heterocycles. The highest BCUT2D eigenvalue weighted by molar-refractivity contribution is 5.79. The minimum atomic E-state index is -0.785. The molecule has 1 unspecified atom stereocenters. The Kier molecular flexibility index (Phi) is 3.50. The average Bonchev–Trinajstić information content (AvgIpc) is 3.08. The van der Waals surface area contributed by atoms with Gasteiger partial charge in [-0.2, -0.15) is 0 Å². The summed E-state index contributed by atoms with van der Waals surface area (Å²) < 4.78 is 0. The average molecular weight is 254 g/mol. The van der Waals surface area contributed by atoms with Crippen LogP contribution in [0.5, 0.6) is 0 Å². The molecule has 0 aromatic heterocycles. The summed E-state index contributed by atoms with van der Waals surface area (Å²) in [6, 6.07) is 0.0918. The van der Waals surface area contributed by atoms with E-state index in [2.05, 4.69) is 5.32 Å². The minimum absolute atomic E-state index is 0.151. The van der Waals surface area contributed by atoms with Crippen molar-refractivity contribution in [2.45, 2.75) is 45.1 Å². The number of carboxylic acid groups (broad SMARTS) is 1. The van der Waals surface area contributed by atoms with Crippen molar-refractivity contribution < 1.29 is 14.7 Å². The lowest BCUT2D eigenvalue weighted by molar-refractivity contribution is -0.153. The van der Waals surface area contributed by atoms with Gasteiger partial charge in [-0.25, -0.2) is 4.79 Å². The molecule has 0 bridgehead atoms. The number of carbonyl (C=O) groups is 2. The fraction of sp³-hybridized carbons (Fsp3) is 0.846. The highest BCUT2D eigenvalue weighted by Gasteiger charge is 2.44. The highest BCUT2D eigenvalue weighted by atomic mass is 16.4. The van der Waals surface area contributed by atoms with Crippen LogP contribution in [0.1, 0.15) is 39.0 Å². The van der Waals surface area contributed by atoms with E-state index in [0.29, 0.717) is 18.8 Å². The van der Waals surface area contributed by atoms with E-state index in [1.165, 1.54) is 12.8 Å². The van der Waals surface area contributed by atoms with E-state index in [1.54, 1.807) is 11.9 Å². The fourth-order valence-electron chi connectivity index (χ4n) is 2.52. The van der Waals surface area contributed by atoms with E-state index < -0.39 is 11.4 Å². The zero-order valence-electron chi connectivity index (χ0n) is 11.1.